The molecule has 10 heteroatoms. The van der Waals surface area contributed by atoms with Gasteiger partial charge in [-0.3, -0.25) is 15.0 Å². The number of amides is 4. The number of rotatable bonds is 5. The largest absolute Gasteiger partial charge is 0.344 e. The van der Waals surface area contributed by atoms with Crippen molar-refractivity contribution in [3.8, 4) is 0 Å². The Kier molecular flexibility index (Phi) is 6.22. The molecule has 2 saturated heterocycles. The third-order valence-electron chi connectivity index (χ3n) is 6.05. The van der Waals surface area contributed by atoms with Gasteiger partial charge in [0.05, 0.1) is 4.90 Å². The third-order valence-corrected chi connectivity index (χ3v) is 7.95. The van der Waals surface area contributed by atoms with Crippen LogP contribution in [-0.4, -0.2) is 48.7 Å². The van der Waals surface area contributed by atoms with E-state index in [2.05, 4.69) is 10.7 Å². The second-order valence-electron chi connectivity index (χ2n) is 8.35. The van der Waals surface area contributed by atoms with Crippen LogP contribution in [-0.2, 0) is 20.4 Å². The molecule has 1 atom stereocenters. The lowest BCUT2D eigenvalue weighted by Crippen LogP contribution is -2.48. The Bertz CT molecular complexity index is 1180. The topological polar surface area (TPSA) is 116 Å². The minimum absolute atomic E-state index is 0.00312. The summed E-state index contributed by atoms with van der Waals surface area (Å²) < 4.78 is 27.6. The number of nitrogens with zero attached hydrogens (tertiary/aromatic N) is 2. The molecule has 2 fully saturated rings. The zero-order chi connectivity index (χ0) is 23.6. The number of hydrogen-bond donors (Lipinski definition) is 2. The number of benzene rings is 2. The number of carbonyl (C=O) groups excluding carboxylic acids is 3. The molecule has 0 unspecified atom stereocenters. The van der Waals surface area contributed by atoms with Crippen molar-refractivity contribution in [1.82, 2.24) is 20.1 Å². The third kappa shape index (κ3) is 4.36. The van der Waals surface area contributed by atoms with E-state index in [1.807, 2.05) is 0 Å². The van der Waals surface area contributed by atoms with Crippen molar-refractivity contribution in [3.05, 3.63) is 65.7 Å². The van der Waals surface area contributed by atoms with E-state index in [0.29, 0.717) is 23.7 Å². The predicted octanol–water partition coefficient (Wildman–Crippen LogP) is 2.36. The number of hydrazine groups is 1. The van der Waals surface area contributed by atoms with Crippen LogP contribution in [0.1, 0.15) is 48.5 Å². The Hall–Kier alpha value is -3.24. The first-order valence-electron chi connectivity index (χ1n) is 10.9. The number of carbonyl (C=O) groups is 3. The molecule has 2 aromatic carbocycles. The van der Waals surface area contributed by atoms with Gasteiger partial charge in [0.25, 0.3) is 11.8 Å². The molecule has 4 amide bonds. The van der Waals surface area contributed by atoms with E-state index in [1.165, 1.54) is 28.6 Å². The normalized spacial score (nSPS) is 22.0. The van der Waals surface area contributed by atoms with E-state index < -0.39 is 33.4 Å². The van der Waals surface area contributed by atoms with Crippen LogP contribution < -0.4 is 10.7 Å². The maximum Gasteiger partial charge on any atom is 0.344 e. The molecule has 0 radical (unpaired) electrons. The average molecular weight is 471 g/mol. The van der Waals surface area contributed by atoms with Gasteiger partial charge in [-0.15, -0.1) is 0 Å². The van der Waals surface area contributed by atoms with Gasteiger partial charge in [0.2, 0.25) is 10.0 Å². The Labute approximate surface area is 192 Å². The van der Waals surface area contributed by atoms with E-state index >= 15 is 0 Å². The zero-order valence-electron chi connectivity index (χ0n) is 18.3. The van der Waals surface area contributed by atoms with E-state index in [0.717, 1.165) is 25.7 Å². The fraction of sp³-hybridized carbons (Fsp3) is 0.348. The fourth-order valence-electron chi connectivity index (χ4n) is 4.10. The standard InChI is InChI=1S/C23H26N4O5S/c1-23(18-11-5-4-6-12-18)21(29)27(22(30)24-23)25-20(28)17-10-9-13-19(16-17)33(31,32)26-14-7-2-3-8-15-26/h4-6,9-13,16H,2-3,7-8,14-15H2,1H3,(H,24,30)(H,25,28)/t23-/m0/s1. The van der Waals surface area contributed by atoms with Crippen molar-refractivity contribution in [1.29, 1.82) is 0 Å². The minimum atomic E-state index is -3.75. The minimum Gasteiger partial charge on any atom is -0.318 e. The van der Waals surface area contributed by atoms with Gasteiger partial charge in [-0.2, -0.15) is 9.31 Å². The first-order valence-corrected chi connectivity index (χ1v) is 12.3. The number of urea groups is 1. The molecular formula is C23H26N4O5S. The Balaban J connectivity index is 1.54. The number of imide groups is 1. The van der Waals surface area contributed by atoms with Gasteiger partial charge in [-0.25, -0.2) is 13.2 Å². The molecule has 0 bridgehead atoms. The summed E-state index contributed by atoms with van der Waals surface area (Å²) in [6.45, 7) is 2.45. The lowest BCUT2D eigenvalue weighted by molar-refractivity contribution is -0.132. The lowest BCUT2D eigenvalue weighted by atomic mass is 9.92. The molecule has 2 N–H and O–H groups in total. The zero-order valence-corrected chi connectivity index (χ0v) is 19.1. The summed E-state index contributed by atoms with van der Waals surface area (Å²) in [5, 5.41) is 3.24. The van der Waals surface area contributed by atoms with Crippen LogP contribution in [0.2, 0.25) is 0 Å². The first kappa shape index (κ1) is 22.9. The Morgan fingerprint density at radius 3 is 2.30 bits per heavy atom. The van der Waals surface area contributed by atoms with Crippen LogP contribution in [0.25, 0.3) is 0 Å². The van der Waals surface area contributed by atoms with Crippen LogP contribution in [0.4, 0.5) is 4.79 Å². The highest BCUT2D eigenvalue weighted by Gasteiger charge is 2.50. The molecule has 33 heavy (non-hydrogen) atoms. The Morgan fingerprint density at radius 1 is 0.970 bits per heavy atom. The summed E-state index contributed by atoms with van der Waals surface area (Å²) in [7, 11) is -3.75. The van der Waals surface area contributed by atoms with Crippen LogP contribution in [0, 0.1) is 0 Å². The van der Waals surface area contributed by atoms with Crippen LogP contribution in [0.3, 0.4) is 0 Å². The summed E-state index contributed by atoms with van der Waals surface area (Å²) in [5.41, 5.74) is 1.58. The van der Waals surface area contributed by atoms with E-state index in [9.17, 15) is 22.8 Å². The van der Waals surface area contributed by atoms with Gasteiger partial charge < -0.3 is 5.32 Å². The molecular weight excluding hydrogens is 444 g/mol. The van der Waals surface area contributed by atoms with Crippen molar-refractivity contribution in [2.75, 3.05) is 13.1 Å². The second-order valence-corrected chi connectivity index (χ2v) is 10.3. The molecule has 0 aliphatic carbocycles. The summed E-state index contributed by atoms with van der Waals surface area (Å²) in [5.74, 6) is -1.40. The van der Waals surface area contributed by atoms with Gasteiger partial charge in [-0.05, 0) is 43.5 Å². The molecule has 174 valence electrons. The average Bonchev–Trinajstić information content (AvgIpc) is 3.02. The fourth-order valence-corrected chi connectivity index (χ4v) is 5.67. The highest BCUT2D eigenvalue weighted by molar-refractivity contribution is 7.89. The maximum absolute atomic E-state index is 13.1. The summed E-state index contributed by atoms with van der Waals surface area (Å²) in [6, 6.07) is 13.6. The first-order chi connectivity index (χ1) is 15.7. The molecule has 0 spiro atoms. The van der Waals surface area contributed by atoms with Crippen LogP contribution in [0.5, 0.6) is 0 Å². The smallest absolute Gasteiger partial charge is 0.318 e. The second kappa shape index (κ2) is 8.95. The maximum atomic E-state index is 13.1. The van der Waals surface area contributed by atoms with E-state index in [4.69, 9.17) is 0 Å². The number of nitrogens with one attached hydrogen (secondary N) is 2. The lowest BCUT2D eigenvalue weighted by Gasteiger charge is -2.22. The van der Waals surface area contributed by atoms with Gasteiger partial charge in [-0.1, -0.05) is 49.2 Å². The van der Waals surface area contributed by atoms with E-state index in [1.54, 1.807) is 37.3 Å². The number of sulfonamides is 1. The van der Waals surface area contributed by atoms with Gasteiger partial charge in [0.1, 0.15) is 5.54 Å². The highest BCUT2D eigenvalue weighted by Crippen LogP contribution is 2.28. The summed E-state index contributed by atoms with van der Waals surface area (Å²) in [6.07, 6.45) is 3.57. The number of hydrogen-bond acceptors (Lipinski definition) is 5. The van der Waals surface area contributed by atoms with Crippen LogP contribution in [0.15, 0.2) is 59.5 Å². The monoisotopic (exact) mass is 470 g/mol. The molecule has 0 aromatic heterocycles. The van der Waals surface area contributed by atoms with Gasteiger partial charge >= 0.3 is 6.03 Å². The molecule has 2 aliphatic rings. The van der Waals surface area contributed by atoms with Crippen molar-refractivity contribution < 1.29 is 22.8 Å². The van der Waals surface area contributed by atoms with E-state index in [-0.39, 0.29) is 10.5 Å². The SMILES string of the molecule is C[C@@]1(c2ccccc2)NC(=O)N(NC(=O)c2cccc(S(=O)(=O)N3CCCCCC3)c2)C1=O. The molecule has 2 aromatic rings. The molecule has 2 heterocycles. The van der Waals surface area contributed by atoms with Crippen molar-refractivity contribution in [2.24, 2.45) is 0 Å². The summed E-state index contributed by atoms with van der Waals surface area (Å²) >= 11 is 0. The Morgan fingerprint density at radius 2 is 1.64 bits per heavy atom. The highest BCUT2D eigenvalue weighted by atomic mass is 32.2. The molecule has 4 rings (SSSR count). The quantitative estimate of drug-likeness (QED) is 0.651. The van der Waals surface area contributed by atoms with Crippen molar-refractivity contribution in [2.45, 2.75) is 43.0 Å². The summed E-state index contributed by atoms with van der Waals surface area (Å²) in [4.78, 5) is 38.3. The predicted molar refractivity (Wildman–Crippen MR) is 120 cm³/mol. The van der Waals surface area contributed by atoms with Crippen molar-refractivity contribution in [3.63, 3.8) is 0 Å². The van der Waals surface area contributed by atoms with Crippen molar-refractivity contribution >= 4 is 27.9 Å². The molecule has 2 aliphatic heterocycles. The van der Waals surface area contributed by atoms with Gasteiger partial charge in [0, 0.05) is 18.7 Å². The molecule has 0 saturated carbocycles. The van der Waals surface area contributed by atoms with Gasteiger partial charge in [0.15, 0.2) is 0 Å². The van der Waals surface area contributed by atoms with Crippen LogP contribution >= 0.6 is 0 Å². The molecule has 9 nitrogen and oxygen atoms in total.